The predicted molar refractivity (Wildman–Crippen MR) is 79.9 cm³/mol. The van der Waals surface area contributed by atoms with E-state index < -0.39 is 11.9 Å². The van der Waals surface area contributed by atoms with E-state index in [1.807, 2.05) is 24.3 Å². The highest BCUT2D eigenvalue weighted by Gasteiger charge is 2.13. The van der Waals surface area contributed by atoms with Gasteiger partial charge in [0.05, 0.1) is 12.5 Å². The monoisotopic (exact) mass is 279 g/mol. The van der Waals surface area contributed by atoms with Crippen molar-refractivity contribution in [2.24, 2.45) is 0 Å². The average Bonchev–Trinajstić information content (AvgIpc) is 2.45. The van der Waals surface area contributed by atoms with Gasteiger partial charge in [0.25, 0.3) is 0 Å². The minimum atomic E-state index is -0.793. The number of carbonyl (C=O) groups is 1. The van der Waals surface area contributed by atoms with Crippen LogP contribution in [-0.4, -0.2) is 30.8 Å². The number of hydrogen-bond acceptors (Lipinski definition) is 3. The number of ether oxygens (including phenoxy) is 1. The average molecular weight is 279 g/mol. The highest BCUT2D eigenvalue weighted by Crippen LogP contribution is 2.16. The number of carboxylic acids is 1. The second kappa shape index (κ2) is 8.72. The van der Waals surface area contributed by atoms with Crippen molar-refractivity contribution < 1.29 is 14.6 Å². The number of benzene rings is 1. The molecule has 2 N–H and O–H groups in total. The first-order valence-electron chi connectivity index (χ1n) is 7.12. The molecule has 2 atom stereocenters. The maximum absolute atomic E-state index is 10.9. The molecule has 0 aliphatic heterocycles. The Kier molecular flexibility index (Phi) is 7.26. The number of aliphatic carboxylic acids is 1. The van der Waals surface area contributed by atoms with Crippen LogP contribution in [0.1, 0.15) is 43.7 Å². The summed E-state index contributed by atoms with van der Waals surface area (Å²) in [6.07, 6.45) is 2.21. The van der Waals surface area contributed by atoms with Crippen LogP contribution in [-0.2, 0) is 16.1 Å². The molecule has 0 aliphatic carbocycles. The molecule has 1 aromatic rings. The number of methoxy groups -OCH3 is 1. The van der Waals surface area contributed by atoms with Gasteiger partial charge in [0.15, 0.2) is 0 Å². The van der Waals surface area contributed by atoms with Crippen LogP contribution >= 0.6 is 0 Å². The van der Waals surface area contributed by atoms with E-state index in [4.69, 9.17) is 9.84 Å². The molecule has 0 fully saturated rings. The number of nitrogens with one attached hydrogen (secondary N) is 1. The molecule has 0 aromatic heterocycles. The van der Waals surface area contributed by atoms with Gasteiger partial charge in [-0.3, -0.25) is 4.79 Å². The fourth-order valence-electron chi connectivity index (χ4n) is 2.12. The van der Waals surface area contributed by atoms with E-state index in [9.17, 15) is 4.79 Å². The van der Waals surface area contributed by atoms with E-state index in [1.54, 1.807) is 14.0 Å². The topological polar surface area (TPSA) is 58.6 Å². The van der Waals surface area contributed by atoms with Gasteiger partial charge in [-0.05, 0) is 24.5 Å². The predicted octanol–water partition coefficient (Wildman–Crippen LogP) is 2.78. The Hall–Kier alpha value is -1.39. The quantitative estimate of drug-likeness (QED) is 0.730. The summed E-state index contributed by atoms with van der Waals surface area (Å²) in [4.78, 5) is 10.9. The Morgan fingerprint density at radius 2 is 2.00 bits per heavy atom. The van der Waals surface area contributed by atoms with Gasteiger partial charge in [0.2, 0.25) is 0 Å². The summed E-state index contributed by atoms with van der Waals surface area (Å²) in [5, 5.41) is 12.4. The Balaban J connectivity index is 2.54. The van der Waals surface area contributed by atoms with Crippen molar-refractivity contribution in [3.63, 3.8) is 0 Å². The van der Waals surface area contributed by atoms with E-state index in [2.05, 4.69) is 12.2 Å². The van der Waals surface area contributed by atoms with Crippen molar-refractivity contribution >= 4 is 5.97 Å². The fraction of sp³-hybridized carbons (Fsp3) is 0.562. The molecule has 1 rings (SSSR count). The van der Waals surface area contributed by atoms with Crippen LogP contribution in [0.5, 0.6) is 0 Å². The van der Waals surface area contributed by atoms with Crippen LogP contribution < -0.4 is 5.32 Å². The standard InChI is InChI=1S/C16H25NO3/c1-4-5-15(11-20-3)17-10-13-6-8-14(9-7-13)12(2)16(18)19/h6-9,12,15,17H,4-5,10-11H2,1-3H3,(H,18,19). The molecule has 0 aliphatic rings. The molecule has 0 radical (unpaired) electrons. The van der Waals surface area contributed by atoms with Gasteiger partial charge in [-0.1, -0.05) is 37.6 Å². The summed E-state index contributed by atoms with van der Waals surface area (Å²) in [6.45, 7) is 5.34. The highest BCUT2D eigenvalue weighted by atomic mass is 16.5. The number of rotatable bonds is 9. The molecule has 112 valence electrons. The van der Waals surface area contributed by atoms with Crippen molar-refractivity contribution in [3.05, 3.63) is 35.4 Å². The van der Waals surface area contributed by atoms with E-state index in [-0.39, 0.29) is 0 Å². The minimum Gasteiger partial charge on any atom is -0.481 e. The summed E-state index contributed by atoms with van der Waals surface area (Å²) in [5.74, 6) is -1.25. The zero-order valence-corrected chi connectivity index (χ0v) is 12.6. The first kappa shape index (κ1) is 16.7. The molecule has 0 heterocycles. The second-order valence-corrected chi connectivity index (χ2v) is 5.12. The molecule has 0 saturated carbocycles. The summed E-state index contributed by atoms with van der Waals surface area (Å²) < 4.78 is 5.19. The molecule has 0 spiro atoms. The zero-order valence-electron chi connectivity index (χ0n) is 12.6. The molecule has 4 heteroatoms. The van der Waals surface area contributed by atoms with E-state index >= 15 is 0 Å². The van der Waals surface area contributed by atoms with Gasteiger partial charge in [-0.2, -0.15) is 0 Å². The molecular formula is C16H25NO3. The molecular weight excluding hydrogens is 254 g/mol. The van der Waals surface area contributed by atoms with Crippen LogP contribution in [0.3, 0.4) is 0 Å². The number of hydrogen-bond donors (Lipinski definition) is 2. The van der Waals surface area contributed by atoms with Crippen molar-refractivity contribution in [2.75, 3.05) is 13.7 Å². The molecule has 0 amide bonds. The van der Waals surface area contributed by atoms with Crippen LogP contribution in [0.2, 0.25) is 0 Å². The van der Waals surface area contributed by atoms with Gasteiger partial charge in [-0.25, -0.2) is 0 Å². The van der Waals surface area contributed by atoms with E-state index in [1.165, 1.54) is 0 Å². The summed E-state index contributed by atoms with van der Waals surface area (Å²) in [5.41, 5.74) is 1.99. The maximum atomic E-state index is 10.9. The third kappa shape index (κ3) is 5.31. The van der Waals surface area contributed by atoms with E-state index in [0.29, 0.717) is 12.6 Å². The summed E-state index contributed by atoms with van der Waals surface area (Å²) >= 11 is 0. The maximum Gasteiger partial charge on any atom is 0.310 e. The largest absolute Gasteiger partial charge is 0.481 e. The van der Waals surface area contributed by atoms with Gasteiger partial charge >= 0.3 is 5.97 Å². The molecule has 20 heavy (non-hydrogen) atoms. The first-order chi connectivity index (χ1) is 9.58. The lowest BCUT2D eigenvalue weighted by Gasteiger charge is -2.17. The van der Waals surface area contributed by atoms with Crippen LogP contribution in [0.25, 0.3) is 0 Å². The lowest BCUT2D eigenvalue weighted by atomic mass is 10.00. The van der Waals surface area contributed by atoms with Gasteiger partial charge in [0.1, 0.15) is 0 Å². The van der Waals surface area contributed by atoms with E-state index in [0.717, 1.165) is 30.5 Å². The lowest BCUT2D eigenvalue weighted by molar-refractivity contribution is -0.138. The van der Waals surface area contributed by atoms with Gasteiger partial charge in [-0.15, -0.1) is 0 Å². The SMILES string of the molecule is CCCC(COC)NCc1ccc(C(C)C(=O)O)cc1. The Morgan fingerprint density at radius 1 is 1.35 bits per heavy atom. The molecule has 0 bridgehead atoms. The summed E-state index contributed by atoms with van der Waals surface area (Å²) in [6, 6.07) is 8.11. The fourth-order valence-corrected chi connectivity index (χ4v) is 2.12. The Labute approximate surface area is 121 Å². The molecule has 1 aromatic carbocycles. The van der Waals surface area contributed by atoms with Crippen molar-refractivity contribution in [3.8, 4) is 0 Å². The molecule has 0 saturated heterocycles. The highest BCUT2D eigenvalue weighted by molar-refractivity contribution is 5.75. The van der Waals surface area contributed by atoms with Crippen LogP contribution in [0.15, 0.2) is 24.3 Å². The normalized spacial score (nSPS) is 13.9. The Morgan fingerprint density at radius 3 is 2.50 bits per heavy atom. The summed E-state index contributed by atoms with van der Waals surface area (Å²) in [7, 11) is 1.71. The minimum absolute atomic E-state index is 0.364. The smallest absolute Gasteiger partial charge is 0.310 e. The second-order valence-electron chi connectivity index (χ2n) is 5.12. The van der Waals surface area contributed by atoms with Crippen LogP contribution in [0, 0.1) is 0 Å². The van der Waals surface area contributed by atoms with Crippen molar-refractivity contribution in [2.45, 2.75) is 45.2 Å². The van der Waals surface area contributed by atoms with Crippen LogP contribution in [0.4, 0.5) is 0 Å². The van der Waals surface area contributed by atoms with Crippen molar-refractivity contribution in [1.82, 2.24) is 5.32 Å². The van der Waals surface area contributed by atoms with Gasteiger partial charge in [0, 0.05) is 19.7 Å². The first-order valence-corrected chi connectivity index (χ1v) is 7.12. The third-order valence-electron chi connectivity index (χ3n) is 3.45. The molecule has 2 unspecified atom stereocenters. The zero-order chi connectivity index (χ0) is 15.0. The third-order valence-corrected chi connectivity index (χ3v) is 3.45. The molecule has 4 nitrogen and oxygen atoms in total. The lowest BCUT2D eigenvalue weighted by Crippen LogP contribution is -2.32. The van der Waals surface area contributed by atoms with Crippen molar-refractivity contribution in [1.29, 1.82) is 0 Å². The number of carboxylic acid groups (broad SMARTS) is 1. The Bertz CT molecular complexity index is 397. The van der Waals surface area contributed by atoms with Gasteiger partial charge < -0.3 is 15.2 Å².